The second-order valence-corrected chi connectivity index (χ2v) is 5.32. The minimum Gasteiger partial charge on any atom is -0.399 e. The van der Waals surface area contributed by atoms with Crippen molar-refractivity contribution in [1.82, 2.24) is 0 Å². The molecule has 0 aliphatic heterocycles. The number of nitrogens with one attached hydrogen (secondary N) is 1. The quantitative estimate of drug-likeness (QED) is 0.733. The molecule has 0 amide bonds. The summed E-state index contributed by atoms with van der Waals surface area (Å²) in [5.41, 5.74) is 7.09. The lowest BCUT2D eigenvalue weighted by atomic mass is 10.2. The number of para-hydroxylation sites is 1. The maximum absolute atomic E-state index is 11.5. The highest BCUT2D eigenvalue weighted by atomic mass is 32.2. The fourth-order valence-corrected chi connectivity index (χ4v) is 2.28. The van der Waals surface area contributed by atoms with Crippen LogP contribution in [0.1, 0.15) is 0 Å². The van der Waals surface area contributed by atoms with Crippen LogP contribution in [0.3, 0.4) is 0 Å². The van der Waals surface area contributed by atoms with E-state index in [1.54, 1.807) is 12.1 Å². The highest BCUT2D eigenvalue weighted by molar-refractivity contribution is 7.89. The van der Waals surface area contributed by atoms with Gasteiger partial charge in [0.15, 0.2) is 0 Å². The van der Waals surface area contributed by atoms with Crippen molar-refractivity contribution >= 4 is 27.1 Å². The highest BCUT2D eigenvalue weighted by Crippen LogP contribution is 2.25. The van der Waals surface area contributed by atoms with Gasteiger partial charge in [0.05, 0.1) is 5.69 Å². The molecule has 2 rings (SSSR count). The summed E-state index contributed by atoms with van der Waals surface area (Å²) in [6.07, 6.45) is 0. The van der Waals surface area contributed by atoms with Crippen molar-refractivity contribution in [3.8, 4) is 0 Å². The molecule has 6 heteroatoms. The number of nitrogens with two attached hydrogens (primary N) is 2. The molecular weight excluding hydrogens is 250 g/mol. The number of rotatable bonds is 3. The third-order valence-electron chi connectivity index (χ3n) is 2.36. The van der Waals surface area contributed by atoms with Gasteiger partial charge >= 0.3 is 0 Å². The molecule has 5 N–H and O–H groups in total. The van der Waals surface area contributed by atoms with E-state index in [1.165, 1.54) is 6.07 Å². The van der Waals surface area contributed by atoms with Crippen molar-refractivity contribution in [2.45, 2.75) is 4.90 Å². The number of hydrogen-bond acceptors (Lipinski definition) is 4. The molecular formula is C12H13N3O2S. The van der Waals surface area contributed by atoms with Crippen LogP contribution in [0, 0.1) is 0 Å². The van der Waals surface area contributed by atoms with Gasteiger partial charge in [0.25, 0.3) is 0 Å². The number of primary sulfonamides is 1. The Kier molecular flexibility index (Phi) is 3.22. The second kappa shape index (κ2) is 4.67. The van der Waals surface area contributed by atoms with E-state index >= 15 is 0 Å². The smallest absolute Gasteiger partial charge is 0.240 e. The fraction of sp³-hybridized carbons (Fsp3) is 0. The molecule has 0 fully saturated rings. The minimum absolute atomic E-state index is 0.0219. The van der Waals surface area contributed by atoms with Crippen molar-refractivity contribution in [2.24, 2.45) is 5.14 Å². The lowest BCUT2D eigenvalue weighted by Crippen LogP contribution is -2.14. The van der Waals surface area contributed by atoms with E-state index in [4.69, 9.17) is 10.9 Å². The third kappa shape index (κ3) is 2.79. The van der Waals surface area contributed by atoms with Crippen LogP contribution >= 0.6 is 0 Å². The molecule has 0 atom stereocenters. The van der Waals surface area contributed by atoms with Crippen LogP contribution in [0.4, 0.5) is 17.1 Å². The van der Waals surface area contributed by atoms with Crippen molar-refractivity contribution in [1.29, 1.82) is 0 Å². The van der Waals surface area contributed by atoms with E-state index in [-0.39, 0.29) is 4.90 Å². The Hall–Kier alpha value is -2.05. The Labute approximate surface area is 105 Å². The standard InChI is InChI=1S/C12H13N3O2S/c13-9-6-7-11(12(8-9)18(14,16)17)15-10-4-2-1-3-5-10/h1-8,15H,13H2,(H2,14,16,17). The maximum Gasteiger partial charge on any atom is 0.240 e. The molecule has 0 aliphatic rings. The zero-order chi connectivity index (χ0) is 13.2. The maximum atomic E-state index is 11.5. The Balaban J connectivity index is 2.46. The molecule has 0 unspecified atom stereocenters. The summed E-state index contributed by atoms with van der Waals surface area (Å²) in [7, 11) is -3.82. The summed E-state index contributed by atoms with van der Waals surface area (Å²) >= 11 is 0. The third-order valence-corrected chi connectivity index (χ3v) is 3.32. The first-order valence-electron chi connectivity index (χ1n) is 5.21. The molecule has 5 nitrogen and oxygen atoms in total. The number of nitrogen functional groups attached to an aromatic ring is 1. The van der Waals surface area contributed by atoms with Crippen LogP contribution in [-0.2, 0) is 10.0 Å². The molecule has 94 valence electrons. The first-order chi connectivity index (χ1) is 8.47. The minimum atomic E-state index is -3.82. The van der Waals surface area contributed by atoms with Crippen molar-refractivity contribution in [3.05, 3.63) is 48.5 Å². The number of benzene rings is 2. The molecule has 0 spiro atoms. The van der Waals surface area contributed by atoms with Gasteiger partial charge < -0.3 is 11.1 Å². The molecule has 0 aromatic heterocycles. The topological polar surface area (TPSA) is 98.2 Å². The lowest BCUT2D eigenvalue weighted by Gasteiger charge is -2.11. The zero-order valence-electron chi connectivity index (χ0n) is 9.50. The number of anilines is 3. The molecule has 0 aliphatic carbocycles. The zero-order valence-corrected chi connectivity index (χ0v) is 10.3. The van der Waals surface area contributed by atoms with Gasteiger partial charge in [-0.1, -0.05) is 18.2 Å². The van der Waals surface area contributed by atoms with Gasteiger partial charge in [-0.05, 0) is 30.3 Å². The summed E-state index contributed by atoms with van der Waals surface area (Å²) in [5, 5.41) is 8.15. The molecule has 0 saturated heterocycles. The Morgan fingerprint density at radius 2 is 1.67 bits per heavy atom. The van der Waals surface area contributed by atoms with Gasteiger partial charge in [-0.25, -0.2) is 13.6 Å². The van der Waals surface area contributed by atoms with Gasteiger partial charge in [-0.15, -0.1) is 0 Å². The number of sulfonamides is 1. The van der Waals surface area contributed by atoms with Crippen LogP contribution in [0.5, 0.6) is 0 Å². The monoisotopic (exact) mass is 263 g/mol. The summed E-state index contributed by atoms with van der Waals surface area (Å²) in [5.74, 6) is 0. The van der Waals surface area contributed by atoms with E-state index in [0.717, 1.165) is 5.69 Å². The average molecular weight is 263 g/mol. The molecule has 0 bridgehead atoms. The SMILES string of the molecule is Nc1ccc(Nc2ccccc2)c(S(N)(=O)=O)c1. The van der Waals surface area contributed by atoms with Gasteiger partial charge in [0, 0.05) is 11.4 Å². The largest absolute Gasteiger partial charge is 0.399 e. The van der Waals surface area contributed by atoms with Gasteiger partial charge in [-0.3, -0.25) is 0 Å². The van der Waals surface area contributed by atoms with E-state index in [2.05, 4.69) is 5.32 Å². The molecule has 0 saturated carbocycles. The first kappa shape index (κ1) is 12.4. The molecule has 2 aromatic carbocycles. The van der Waals surface area contributed by atoms with Crippen LogP contribution in [0.15, 0.2) is 53.4 Å². The molecule has 2 aromatic rings. The molecule has 0 radical (unpaired) electrons. The van der Waals surface area contributed by atoms with E-state index in [0.29, 0.717) is 11.4 Å². The number of hydrogen-bond donors (Lipinski definition) is 3. The van der Waals surface area contributed by atoms with E-state index in [1.807, 2.05) is 30.3 Å². The van der Waals surface area contributed by atoms with Crippen LogP contribution < -0.4 is 16.2 Å². The lowest BCUT2D eigenvalue weighted by molar-refractivity contribution is 0.598. The summed E-state index contributed by atoms with van der Waals surface area (Å²) in [6.45, 7) is 0. The average Bonchev–Trinajstić information content (AvgIpc) is 2.31. The van der Waals surface area contributed by atoms with Crippen LogP contribution in [0.25, 0.3) is 0 Å². The Morgan fingerprint density at radius 3 is 2.28 bits per heavy atom. The highest BCUT2D eigenvalue weighted by Gasteiger charge is 2.14. The second-order valence-electron chi connectivity index (χ2n) is 3.79. The Bertz CT molecular complexity index is 654. The predicted molar refractivity (Wildman–Crippen MR) is 72.0 cm³/mol. The van der Waals surface area contributed by atoms with Crippen molar-refractivity contribution in [2.75, 3.05) is 11.1 Å². The first-order valence-corrected chi connectivity index (χ1v) is 6.76. The van der Waals surface area contributed by atoms with E-state index in [9.17, 15) is 8.42 Å². The van der Waals surface area contributed by atoms with Crippen molar-refractivity contribution < 1.29 is 8.42 Å². The van der Waals surface area contributed by atoms with Gasteiger partial charge in [0.1, 0.15) is 4.90 Å². The van der Waals surface area contributed by atoms with Gasteiger partial charge in [0.2, 0.25) is 10.0 Å². The molecule has 18 heavy (non-hydrogen) atoms. The summed E-state index contributed by atoms with van der Waals surface area (Å²) in [6, 6.07) is 13.7. The summed E-state index contributed by atoms with van der Waals surface area (Å²) in [4.78, 5) is -0.0219. The van der Waals surface area contributed by atoms with Crippen LogP contribution in [-0.4, -0.2) is 8.42 Å². The van der Waals surface area contributed by atoms with Gasteiger partial charge in [-0.2, -0.15) is 0 Å². The Morgan fingerprint density at radius 1 is 1.00 bits per heavy atom. The van der Waals surface area contributed by atoms with Crippen molar-refractivity contribution in [3.63, 3.8) is 0 Å². The van der Waals surface area contributed by atoms with Crippen LogP contribution in [0.2, 0.25) is 0 Å². The fourth-order valence-electron chi connectivity index (χ4n) is 1.55. The van der Waals surface area contributed by atoms with E-state index < -0.39 is 10.0 Å². The molecule has 0 heterocycles. The summed E-state index contributed by atoms with van der Waals surface area (Å²) < 4.78 is 23.0. The predicted octanol–water partition coefficient (Wildman–Crippen LogP) is 1.66. The normalized spacial score (nSPS) is 11.2.